The molecule has 0 fully saturated rings. The summed E-state index contributed by atoms with van der Waals surface area (Å²) in [6.45, 7) is 0.867. The normalized spacial score (nSPS) is 13.7. The molecular formula is C17H16N2OS2. The van der Waals surface area contributed by atoms with Crippen molar-refractivity contribution in [2.45, 2.75) is 0 Å². The minimum atomic E-state index is 0.00332. The molecule has 0 spiro atoms. The summed E-state index contributed by atoms with van der Waals surface area (Å²) in [4.78, 5) is 16.5. The topological polar surface area (TPSA) is 41.5 Å². The van der Waals surface area contributed by atoms with E-state index < -0.39 is 0 Å². The molecule has 22 heavy (non-hydrogen) atoms. The van der Waals surface area contributed by atoms with Crippen molar-refractivity contribution in [2.75, 3.05) is 23.4 Å². The molecule has 2 aromatic carbocycles. The van der Waals surface area contributed by atoms with Crippen molar-refractivity contribution in [2.24, 2.45) is 4.99 Å². The van der Waals surface area contributed by atoms with Crippen LogP contribution in [-0.2, 0) is 4.79 Å². The molecule has 1 aliphatic rings. The SMILES string of the molecule is O=C(CSC1=NCCS1)Nc1ccccc1-c1ccccc1. The van der Waals surface area contributed by atoms with Crippen LogP contribution in [0.2, 0.25) is 0 Å². The van der Waals surface area contributed by atoms with E-state index in [1.807, 2.05) is 54.6 Å². The fraction of sp³-hybridized carbons (Fsp3) is 0.176. The third-order valence-corrected chi connectivity index (χ3v) is 5.42. The second-order valence-electron chi connectivity index (χ2n) is 4.74. The number of thioether (sulfide) groups is 2. The third-order valence-electron chi connectivity index (χ3n) is 3.17. The number of carbonyl (C=O) groups is 1. The van der Waals surface area contributed by atoms with Crippen LogP contribution in [0.4, 0.5) is 5.69 Å². The van der Waals surface area contributed by atoms with E-state index in [1.165, 1.54) is 11.8 Å². The number of para-hydroxylation sites is 1. The zero-order valence-corrected chi connectivity index (χ0v) is 13.6. The molecule has 3 rings (SSSR count). The Morgan fingerprint density at radius 3 is 2.68 bits per heavy atom. The van der Waals surface area contributed by atoms with Crippen molar-refractivity contribution in [1.82, 2.24) is 0 Å². The monoisotopic (exact) mass is 328 g/mol. The quantitative estimate of drug-likeness (QED) is 0.917. The first-order chi connectivity index (χ1) is 10.8. The highest BCUT2D eigenvalue weighted by Gasteiger charge is 2.12. The fourth-order valence-electron chi connectivity index (χ4n) is 2.18. The van der Waals surface area contributed by atoms with Gasteiger partial charge in [-0.1, -0.05) is 72.1 Å². The Hall–Kier alpha value is -1.72. The Kier molecular flexibility index (Phi) is 5.19. The van der Waals surface area contributed by atoms with Crippen LogP contribution in [0.15, 0.2) is 59.6 Å². The lowest BCUT2D eigenvalue weighted by atomic mass is 10.0. The van der Waals surface area contributed by atoms with Crippen molar-refractivity contribution in [3.05, 3.63) is 54.6 Å². The van der Waals surface area contributed by atoms with Crippen LogP contribution in [0.3, 0.4) is 0 Å². The van der Waals surface area contributed by atoms with Crippen LogP contribution in [0.25, 0.3) is 11.1 Å². The van der Waals surface area contributed by atoms with Gasteiger partial charge < -0.3 is 5.32 Å². The summed E-state index contributed by atoms with van der Waals surface area (Å²) in [5.41, 5.74) is 2.98. The standard InChI is InChI=1S/C17H16N2OS2/c20-16(12-22-17-18-10-11-21-17)19-15-9-5-4-8-14(15)13-6-2-1-3-7-13/h1-9H,10-12H2,(H,19,20). The predicted molar refractivity (Wildman–Crippen MR) is 97.7 cm³/mol. The summed E-state index contributed by atoms with van der Waals surface area (Å²) in [5.74, 6) is 1.43. The molecule has 0 radical (unpaired) electrons. The van der Waals surface area contributed by atoms with E-state index in [2.05, 4.69) is 10.3 Å². The van der Waals surface area contributed by atoms with E-state index in [-0.39, 0.29) is 5.91 Å². The third kappa shape index (κ3) is 3.93. The molecule has 1 N–H and O–H groups in total. The molecule has 112 valence electrons. The second kappa shape index (κ2) is 7.51. The maximum Gasteiger partial charge on any atom is 0.234 e. The van der Waals surface area contributed by atoms with Crippen molar-refractivity contribution in [3.8, 4) is 11.1 Å². The van der Waals surface area contributed by atoms with Gasteiger partial charge in [-0.15, -0.1) is 0 Å². The van der Waals surface area contributed by atoms with Gasteiger partial charge in [0.2, 0.25) is 5.91 Å². The summed E-state index contributed by atoms with van der Waals surface area (Å²) in [7, 11) is 0. The van der Waals surface area contributed by atoms with Gasteiger partial charge in [0.05, 0.1) is 12.3 Å². The van der Waals surface area contributed by atoms with Gasteiger partial charge >= 0.3 is 0 Å². The number of hydrogen-bond acceptors (Lipinski definition) is 4. The van der Waals surface area contributed by atoms with Crippen LogP contribution >= 0.6 is 23.5 Å². The molecule has 5 heteroatoms. The first kappa shape index (κ1) is 15.2. The number of carbonyl (C=O) groups excluding carboxylic acids is 1. The number of hydrogen-bond donors (Lipinski definition) is 1. The van der Waals surface area contributed by atoms with Gasteiger partial charge in [0.15, 0.2) is 0 Å². The maximum absolute atomic E-state index is 12.2. The molecule has 1 amide bonds. The molecule has 2 aromatic rings. The van der Waals surface area contributed by atoms with E-state index >= 15 is 0 Å². The number of aliphatic imine (C=N–C) groups is 1. The smallest absolute Gasteiger partial charge is 0.234 e. The van der Waals surface area contributed by atoms with Crippen LogP contribution < -0.4 is 5.32 Å². The summed E-state index contributed by atoms with van der Waals surface area (Å²) in [6, 6.07) is 18.0. The number of amides is 1. The molecule has 0 aliphatic carbocycles. The van der Waals surface area contributed by atoms with Crippen LogP contribution in [0, 0.1) is 0 Å². The van der Waals surface area contributed by atoms with E-state index in [9.17, 15) is 4.79 Å². The Bertz CT molecular complexity index is 686. The van der Waals surface area contributed by atoms with Crippen molar-refractivity contribution in [1.29, 1.82) is 0 Å². The van der Waals surface area contributed by atoms with E-state index in [1.54, 1.807) is 11.8 Å². The maximum atomic E-state index is 12.2. The van der Waals surface area contributed by atoms with E-state index in [0.717, 1.165) is 33.5 Å². The minimum Gasteiger partial charge on any atom is -0.325 e. The summed E-state index contributed by atoms with van der Waals surface area (Å²) < 4.78 is 1.02. The number of benzene rings is 2. The van der Waals surface area contributed by atoms with Gasteiger partial charge in [0.25, 0.3) is 0 Å². The van der Waals surface area contributed by atoms with Gasteiger partial charge in [0, 0.05) is 17.0 Å². The molecule has 0 bridgehead atoms. The van der Waals surface area contributed by atoms with Crippen LogP contribution in [0.1, 0.15) is 0 Å². The molecule has 0 unspecified atom stereocenters. The molecule has 3 nitrogen and oxygen atoms in total. The molecule has 1 aliphatic heterocycles. The zero-order valence-electron chi connectivity index (χ0n) is 12.0. The van der Waals surface area contributed by atoms with Gasteiger partial charge in [-0.3, -0.25) is 9.79 Å². The van der Waals surface area contributed by atoms with E-state index in [4.69, 9.17) is 0 Å². The summed E-state index contributed by atoms with van der Waals surface area (Å²) in [5, 5.41) is 3.01. The number of rotatable bonds is 4. The minimum absolute atomic E-state index is 0.00332. The van der Waals surface area contributed by atoms with Crippen LogP contribution in [0.5, 0.6) is 0 Å². The molecule has 0 atom stereocenters. The molecule has 0 saturated carbocycles. The van der Waals surface area contributed by atoms with Crippen LogP contribution in [-0.4, -0.2) is 28.3 Å². The molecule has 1 heterocycles. The Balaban J connectivity index is 1.68. The Labute approximate surface area is 138 Å². The first-order valence-electron chi connectivity index (χ1n) is 7.07. The number of nitrogens with zero attached hydrogens (tertiary/aromatic N) is 1. The van der Waals surface area contributed by atoms with Gasteiger partial charge in [-0.25, -0.2) is 0 Å². The van der Waals surface area contributed by atoms with E-state index in [0.29, 0.717) is 5.75 Å². The number of anilines is 1. The lowest BCUT2D eigenvalue weighted by molar-refractivity contribution is -0.113. The lowest BCUT2D eigenvalue weighted by Crippen LogP contribution is -2.15. The van der Waals surface area contributed by atoms with Gasteiger partial charge in [-0.05, 0) is 11.6 Å². The van der Waals surface area contributed by atoms with Crippen molar-refractivity contribution in [3.63, 3.8) is 0 Å². The summed E-state index contributed by atoms with van der Waals surface area (Å²) >= 11 is 3.24. The summed E-state index contributed by atoms with van der Waals surface area (Å²) in [6.07, 6.45) is 0. The average molecular weight is 328 g/mol. The largest absolute Gasteiger partial charge is 0.325 e. The number of nitrogens with one attached hydrogen (secondary N) is 1. The highest BCUT2D eigenvalue weighted by molar-refractivity contribution is 8.39. The second-order valence-corrected chi connectivity index (χ2v) is 7.05. The predicted octanol–water partition coefficient (Wildman–Crippen LogP) is 4.13. The molecule has 0 saturated heterocycles. The average Bonchev–Trinajstić information content (AvgIpc) is 3.08. The fourth-order valence-corrected chi connectivity index (χ4v) is 3.99. The molecule has 0 aromatic heterocycles. The lowest BCUT2D eigenvalue weighted by Gasteiger charge is -2.11. The highest BCUT2D eigenvalue weighted by atomic mass is 32.2. The zero-order chi connectivity index (χ0) is 15.2. The van der Waals surface area contributed by atoms with Gasteiger partial charge in [-0.2, -0.15) is 0 Å². The van der Waals surface area contributed by atoms with Gasteiger partial charge in [0.1, 0.15) is 4.38 Å². The first-order valence-corrected chi connectivity index (χ1v) is 9.04. The Morgan fingerprint density at radius 1 is 1.14 bits per heavy atom. The highest BCUT2D eigenvalue weighted by Crippen LogP contribution is 2.28. The Morgan fingerprint density at radius 2 is 1.91 bits per heavy atom. The molecular weight excluding hydrogens is 312 g/mol. The van der Waals surface area contributed by atoms with Crippen molar-refractivity contribution >= 4 is 39.5 Å². The van der Waals surface area contributed by atoms with Crippen molar-refractivity contribution < 1.29 is 4.79 Å².